The first-order chi connectivity index (χ1) is 54.0. The Morgan fingerprint density at radius 2 is 0.500 bits per heavy atom. The van der Waals surface area contributed by atoms with Crippen molar-refractivity contribution < 1.29 is 74.7 Å². The Morgan fingerprint density at radius 1 is 0.300 bits per heavy atom. The van der Waals surface area contributed by atoms with Crippen molar-refractivity contribution in [2.24, 2.45) is 0 Å². The number of carboxylic acid groups (broad SMARTS) is 4. The molecule has 9 N–H and O–H groups in total. The molecule has 0 spiro atoms. The second-order valence-electron chi connectivity index (χ2n) is 43.9. The molecule has 0 aliphatic rings. The van der Waals surface area contributed by atoms with Gasteiger partial charge in [0, 0.05) is 59.9 Å². The number of aromatic hydroxyl groups is 5. The Bertz CT molecular complexity index is 4010. The van der Waals surface area contributed by atoms with E-state index < -0.39 is 29.8 Å². The molecule has 0 saturated heterocycles. The number of phenolic OH excluding ortho intramolecular Hbond substituents is 5. The third-order valence-corrected chi connectivity index (χ3v) is 23.8. The number of aliphatic carboxylic acids is 4. The minimum atomic E-state index is -0.798. The van der Waals surface area contributed by atoms with Gasteiger partial charge in [-0.15, -0.1) is 0 Å². The van der Waals surface area contributed by atoms with Gasteiger partial charge >= 0.3 is 29.8 Å². The Morgan fingerprint density at radius 3 is 0.692 bits per heavy atom. The lowest BCUT2D eigenvalue weighted by atomic mass is 9.71. The molecule has 0 aliphatic carbocycles. The molecule has 0 aromatic heterocycles. The van der Waals surface area contributed by atoms with Gasteiger partial charge in [-0.05, 0) is 194 Å². The summed E-state index contributed by atoms with van der Waals surface area (Å²) in [6.45, 7) is 81.6. The number of benzene rings is 6. The third-order valence-electron chi connectivity index (χ3n) is 23.8. The van der Waals surface area contributed by atoms with Crippen LogP contribution in [0, 0.1) is 0 Å². The SMILES string of the molecule is C=CC(=O)Oc1c(C(C)c2cc(C(C)(C)CC)cc(C(C)(C)CC)c2O)cc(C(C)(C)CC)cc1C(C)(C)CC.CC(C)(C)c1cc(CCC(=O)O)cc(C(C)(C)C)c1O.CC(C)(C)c1cc(CCC(=O)O)cc(C(C)(C)C)c1O.CC(C)(C)c1cc(CCC(=O)O)cc(C(C)(C)C)c1O.CC(C)(C)c1cc(CCC(=O)O)cc(C(C)(C)C)c1O. The quantitative estimate of drug-likeness (QED) is 0.0155. The summed E-state index contributed by atoms with van der Waals surface area (Å²) >= 11 is 0. The molecule has 1 unspecified atom stereocenters. The minimum Gasteiger partial charge on any atom is -0.507 e. The van der Waals surface area contributed by atoms with Crippen LogP contribution in [-0.2, 0) is 115 Å². The summed E-state index contributed by atoms with van der Waals surface area (Å²) in [5, 5.41) is 89.4. The number of ether oxygens (including phenoxy) is 1. The van der Waals surface area contributed by atoms with Gasteiger partial charge in [0.05, 0.1) is 0 Å². The first kappa shape index (κ1) is 107. The predicted octanol–water partition coefficient (Wildman–Crippen LogP) is 26.4. The second-order valence-corrected chi connectivity index (χ2v) is 43.9. The van der Waals surface area contributed by atoms with Crippen LogP contribution in [0.25, 0.3) is 0 Å². The smallest absolute Gasteiger partial charge is 0.335 e. The average Bonchev–Trinajstić information content (AvgIpc) is 0.752. The lowest BCUT2D eigenvalue weighted by molar-refractivity contribution is -0.138. The van der Waals surface area contributed by atoms with Crippen LogP contribution < -0.4 is 4.74 Å². The molecular weight excluding hydrogens is 1500 g/mol. The number of rotatable bonds is 24. The minimum absolute atomic E-state index is 0.0553. The third kappa shape index (κ3) is 30.5. The van der Waals surface area contributed by atoms with Crippen LogP contribution in [0.3, 0.4) is 0 Å². The van der Waals surface area contributed by atoms with Gasteiger partial charge in [-0.3, -0.25) is 19.2 Å². The zero-order valence-corrected chi connectivity index (χ0v) is 81.2. The summed E-state index contributed by atoms with van der Waals surface area (Å²) in [5.41, 5.74) is 15.2. The Balaban J connectivity index is 0.000000529. The van der Waals surface area contributed by atoms with Gasteiger partial charge in [-0.1, -0.05) is 336 Å². The molecule has 0 saturated carbocycles. The maximum atomic E-state index is 12.7. The van der Waals surface area contributed by atoms with Crippen molar-refractivity contribution in [3.63, 3.8) is 0 Å². The molecule has 0 bridgehead atoms. The lowest BCUT2D eigenvalue weighted by Gasteiger charge is -2.34. The monoisotopic (exact) mass is 1660 g/mol. The van der Waals surface area contributed by atoms with Crippen LogP contribution in [-0.4, -0.2) is 75.8 Å². The molecule has 120 heavy (non-hydrogen) atoms. The largest absolute Gasteiger partial charge is 0.507 e. The van der Waals surface area contributed by atoms with Crippen LogP contribution in [0.1, 0.15) is 414 Å². The molecule has 0 radical (unpaired) electrons. The van der Waals surface area contributed by atoms with Crippen LogP contribution in [0.4, 0.5) is 0 Å². The molecule has 6 rings (SSSR count). The highest BCUT2D eigenvalue weighted by atomic mass is 16.5. The van der Waals surface area contributed by atoms with E-state index in [4.69, 9.17) is 25.2 Å². The van der Waals surface area contributed by atoms with Crippen LogP contribution in [0.15, 0.2) is 85.5 Å². The van der Waals surface area contributed by atoms with E-state index >= 15 is 0 Å². The summed E-state index contributed by atoms with van der Waals surface area (Å²) in [5.74, 6) is -1.60. The maximum absolute atomic E-state index is 12.7. The number of carbonyl (C=O) groups is 5. The fourth-order valence-electron chi connectivity index (χ4n) is 13.9. The zero-order valence-electron chi connectivity index (χ0n) is 81.2. The summed E-state index contributed by atoms with van der Waals surface area (Å²) in [7, 11) is 0. The second kappa shape index (κ2) is 41.1. The molecule has 15 nitrogen and oxygen atoms in total. The van der Waals surface area contributed by atoms with Crippen molar-refractivity contribution in [2.75, 3.05) is 0 Å². The predicted molar refractivity (Wildman–Crippen MR) is 497 cm³/mol. The Kier molecular flexibility index (Phi) is 36.8. The summed E-state index contributed by atoms with van der Waals surface area (Å²) in [4.78, 5) is 55.7. The van der Waals surface area contributed by atoms with Gasteiger partial charge in [-0.2, -0.15) is 0 Å². The van der Waals surface area contributed by atoms with E-state index in [9.17, 15) is 49.5 Å². The maximum Gasteiger partial charge on any atom is 0.335 e. The summed E-state index contributed by atoms with van der Waals surface area (Å²) in [6, 6.07) is 24.3. The van der Waals surface area contributed by atoms with Gasteiger partial charge in [-0.25, -0.2) is 4.79 Å². The van der Waals surface area contributed by atoms with E-state index in [2.05, 4.69) is 287 Å². The molecule has 0 amide bonds. The molecule has 1 atom stereocenters. The molecule has 6 aromatic rings. The van der Waals surface area contributed by atoms with Crippen LogP contribution in [0.2, 0.25) is 0 Å². The molecule has 0 heterocycles. The number of aryl methyl sites for hydroxylation is 4. The van der Waals surface area contributed by atoms with Crippen LogP contribution in [0.5, 0.6) is 34.5 Å². The van der Waals surface area contributed by atoms with E-state index in [1.165, 1.54) is 17.2 Å². The number of hydrogen-bond donors (Lipinski definition) is 9. The fraction of sp³-hybridized carbons (Fsp3) is 0.590. The van der Waals surface area contributed by atoms with E-state index in [0.717, 1.165) is 115 Å². The van der Waals surface area contributed by atoms with E-state index in [0.29, 0.717) is 60.2 Å². The standard InChI is InChI=1S/C37H56O3.4C17H26O3/c1-15-31(38)40-33-28(21-26(35(9,10)17-3)23-30(33)37(13,14)19-5)24(6)27-20-25(34(7,8)16-2)22-29(32(27)39)36(11,12)18-4;4*1-16(2,3)12-9-11(7-8-14(18)19)10-13(15(12)20)17(4,5)6/h15,20-24,39H,1,16-19H2,2-14H3;4*9-10,20H,7-8H2,1-6H3,(H,18,19). The highest BCUT2D eigenvalue weighted by molar-refractivity contribution is 5.84. The average molecular weight is 1660 g/mol. The van der Waals surface area contributed by atoms with Crippen molar-refractivity contribution in [3.05, 3.63) is 186 Å². The van der Waals surface area contributed by atoms with E-state index in [-0.39, 0.29) is 96.6 Å². The Hall–Kier alpha value is -8.59. The van der Waals surface area contributed by atoms with Crippen molar-refractivity contribution in [2.45, 2.75) is 404 Å². The first-order valence-corrected chi connectivity index (χ1v) is 43.3. The summed E-state index contributed by atoms with van der Waals surface area (Å²) in [6.07, 6.45) is 7.36. The summed E-state index contributed by atoms with van der Waals surface area (Å²) < 4.78 is 6.10. The number of hydrogen-bond acceptors (Lipinski definition) is 11. The Labute approximate surface area is 724 Å². The van der Waals surface area contributed by atoms with Crippen molar-refractivity contribution in [1.29, 1.82) is 0 Å². The molecule has 15 heteroatoms. The van der Waals surface area contributed by atoms with Gasteiger partial charge in [0.15, 0.2) is 0 Å². The molecule has 0 aliphatic heterocycles. The van der Waals surface area contributed by atoms with Crippen molar-refractivity contribution in [3.8, 4) is 34.5 Å². The van der Waals surface area contributed by atoms with E-state index in [1.807, 2.05) is 48.5 Å². The molecule has 670 valence electrons. The number of esters is 1. The van der Waals surface area contributed by atoms with Crippen molar-refractivity contribution >= 4 is 29.8 Å². The van der Waals surface area contributed by atoms with Crippen molar-refractivity contribution in [1.82, 2.24) is 0 Å². The zero-order chi connectivity index (χ0) is 93.7. The van der Waals surface area contributed by atoms with E-state index in [1.54, 1.807) is 0 Å². The van der Waals surface area contributed by atoms with Gasteiger partial charge < -0.3 is 50.7 Å². The number of carboxylic acids is 4. The molecular formula is C105H160O15. The number of carbonyl (C=O) groups excluding carboxylic acids is 1. The fourth-order valence-corrected chi connectivity index (χ4v) is 13.9. The van der Waals surface area contributed by atoms with Gasteiger partial charge in [0.1, 0.15) is 34.5 Å². The highest BCUT2D eigenvalue weighted by Gasteiger charge is 2.37. The topological polar surface area (TPSA) is 277 Å². The highest BCUT2D eigenvalue weighted by Crippen LogP contribution is 2.51. The van der Waals surface area contributed by atoms with Gasteiger partial charge in [0.2, 0.25) is 0 Å². The van der Waals surface area contributed by atoms with Gasteiger partial charge in [0.25, 0.3) is 0 Å². The number of phenols is 5. The van der Waals surface area contributed by atoms with Crippen LogP contribution >= 0.6 is 0 Å². The first-order valence-electron chi connectivity index (χ1n) is 43.3. The lowest BCUT2D eigenvalue weighted by Crippen LogP contribution is -2.24. The normalized spacial score (nSPS) is 12.9. The molecule has 0 fully saturated rings. The molecule has 6 aromatic carbocycles.